The molecule has 1 aromatic carbocycles. The number of nitrogens with two attached hydrogens (primary N) is 1. The molecule has 1 fully saturated rings. The molecule has 124 valence electrons. The Morgan fingerprint density at radius 1 is 1.41 bits per heavy atom. The van der Waals surface area contributed by atoms with E-state index in [0.717, 1.165) is 32.6 Å². The normalized spacial score (nSPS) is 18.5. The molecule has 6 heteroatoms. The van der Waals surface area contributed by atoms with E-state index in [1.807, 2.05) is 18.2 Å². The molecule has 1 atom stereocenters. The summed E-state index contributed by atoms with van der Waals surface area (Å²) in [6.45, 7) is 3.71. The Morgan fingerprint density at radius 3 is 2.91 bits per heavy atom. The number of nitrogens with zero attached hydrogens (tertiary/aromatic N) is 1. The third kappa shape index (κ3) is 6.13. The molecular formula is C16H25Cl2N3O. The topological polar surface area (TPSA) is 58.4 Å². The highest BCUT2D eigenvalue weighted by molar-refractivity contribution is 6.33. The van der Waals surface area contributed by atoms with Crippen molar-refractivity contribution in [3.05, 3.63) is 29.3 Å². The zero-order valence-electron chi connectivity index (χ0n) is 12.8. The summed E-state index contributed by atoms with van der Waals surface area (Å²) < 4.78 is 0. The minimum atomic E-state index is 0. The quantitative estimate of drug-likeness (QED) is 0.832. The van der Waals surface area contributed by atoms with E-state index < -0.39 is 0 Å². The number of amides is 1. The fourth-order valence-electron chi connectivity index (χ4n) is 2.86. The number of para-hydroxylation sites is 1. The minimum absolute atomic E-state index is 0. The van der Waals surface area contributed by atoms with Crippen LogP contribution in [0.1, 0.15) is 25.7 Å². The maximum atomic E-state index is 12.0. The highest BCUT2D eigenvalue weighted by Gasteiger charge is 2.19. The van der Waals surface area contributed by atoms with Gasteiger partial charge in [-0.3, -0.25) is 4.79 Å². The number of hydrogen-bond acceptors (Lipinski definition) is 3. The van der Waals surface area contributed by atoms with Crippen molar-refractivity contribution >= 4 is 35.6 Å². The first-order valence-electron chi connectivity index (χ1n) is 7.66. The molecule has 1 aromatic rings. The van der Waals surface area contributed by atoms with Gasteiger partial charge in [0.2, 0.25) is 5.91 Å². The Balaban J connectivity index is 0.00000242. The summed E-state index contributed by atoms with van der Waals surface area (Å²) in [4.78, 5) is 14.4. The van der Waals surface area contributed by atoms with Crippen molar-refractivity contribution in [3.8, 4) is 0 Å². The van der Waals surface area contributed by atoms with E-state index in [9.17, 15) is 4.79 Å². The molecule has 1 heterocycles. The summed E-state index contributed by atoms with van der Waals surface area (Å²) >= 11 is 6.03. The van der Waals surface area contributed by atoms with Crippen molar-refractivity contribution in [2.75, 3.05) is 31.5 Å². The van der Waals surface area contributed by atoms with E-state index >= 15 is 0 Å². The number of carbonyl (C=O) groups excluding carboxylic acids is 1. The van der Waals surface area contributed by atoms with E-state index in [1.165, 1.54) is 12.8 Å². The molecule has 1 amide bonds. The second kappa shape index (κ2) is 10.1. The van der Waals surface area contributed by atoms with Crippen molar-refractivity contribution in [1.82, 2.24) is 4.90 Å². The molecule has 22 heavy (non-hydrogen) atoms. The van der Waals surface area contributed by atoms with Gasteiger partial charge in [0.1, 0.15) is 0 Å². The second-order valence-electron chi connectivity index (χ2n) is 5.66. The third-order valence-corrected chi connectivity index (χ3v) is 4.31. The fourth-order valence-corrected chi connectivity index (χ4v) is 3.04. The number of halogens is 2. The van der Waals surface area contributed by atoms with Crippen LogP contribution in [0.25, 0.3) is 0 Å². The molecule has 0 aliphatic carbocycles. The zero-order chi connectivity index (χ0) is 15.1. The minimum Gasteiger partial charge on any atom is -0.330 e. The summed E-state index contributed by atoms with van der Waals surface area (Å²) in [6.07, 6.45) is 4.05. The largest absolute Gasteiger partial charge is 0.330 e. The van der Waals surface area contributed by atoms with Gasteiger partial charge in [0.15, 0.2) is 0 Å². The SMILES string of the molecule is Cl.NCCC1CCCN(CCC(=O)Nc2ccccc2Cl)C1. The summed E-state index contributed by atoms with van der Waals surface area (Å²) in [5.41, 5.74) is 6.32. The Bertz CT molecular complexity index is 468. The average molecular weight is 346 g/mol. The Kier molecular flexibility index (Phi) is 8.79. The van der Waals surface area contributed by atoms with Gasteiger partial charge >= 0.3 is 0 Å². The van der Waals surface area contributed by atoms with Crippen LogP contribution < -0.4 is 11.1 Å². The Labute approximate surface area is 143 Å². The lowest BCUT2D eigenvalue weighted by Gasteiger charge is -2.32. The van der Waals surface area contributed by atoms with Crippen molar-refractivity contribution in [2.45, 2.75) is 25.7 Å². The first-order valence-corrected chi connectivity index (χ1v) is 8.03. The number of rotatable bonds is 6. The Morgan fingerprint density at radius 2 is 2.18 bits per heavy atom. The highest BCUT2D eigenvalue weighted by atomic mass is 35.5. The van der Waals surface area contributed by atoms with E-state index in [-0.39, 0.29) is 18.3 Å². The molecule has 1 saturated heterocycles. The first-order chi connectivity index (χ1) is 10.2. The summed E-state index contributed by atoms with van der Waals surface area (Å²) in [5, 5.41) is 3.44. The lowest BCUT2D eigenvalue weighted by molar-refractivity contribution is -0.116. The van der Waals surface area contributed by atoms with Gasteiger partial charge in [-0.05, 0) is 50.4 Å². The van der Waals surface area contributed by atoms with E-state index in [0.29, 0.717) is 23.0 Å². The molecule has 0 spiro atoms. The van der Waals surface area contributed by atoms with Gasteiger partial charge in [-0.1, -0.05) is 23.7 Å². The number of nitrogens with one attached hydrogen (secondary N) is 1. The van der Waals surface area contributed by atoms with Crippen LogP contribution in [0.15, 0.2) is 24.3 Å². The first kappa shape index (κ1) is 19.2. The van der Waals surface area contributed by atoms with Crippen LogP contribution in [-0.2, 0) is 4.79 Å². The van der Waals surface area contributed by atoms with Crippen molar-refractivity contribution in [2.24, 2.45) is 11.7 Å². The monoisotopic (exact) mass is 345 g/mol. The van der Waals surface area contributed by atoms with Gasteiger partial charge in [-0.25, -0.2) is 0 Å². The molecule has 4 nitrogen and oxygen atoms in total. The molecule has 0 saturated carbocycles. The lowest BCUT2D eigenvalue weighted by atomic mass is 9.95. The summed E-state index contributed by atoms with van der Waals surface area (Å²) in [7, 11) is 0. The standard InChI is InChI=1S/C16H24ClN3O.ClH/c17-14-5-1-2-6-15(14)19-16(21)8-11-20-10-3-4-13(12-20)7-9-18;/h1-2,5-6,13H,3-4,7-12,18H2,(H,19,21);1H. The smallest absolute Gasteiger partial charge is 0.225 e. The van der Waals surface area contributed by atoms with Crippen LogP contribution in [-0.4, -0.2) is 37.0 Å². The molecule has 0 radical (unpaired) electrons. The predicted molar refractivity (Wildman–Crippen MR) is 94.8 cm³/mol. The van der Waals surface area contributed by atoms with Crippen molar-refractivity contribution in [3.63, 3.8) is 0 Å². The maximum absolute atomic E-state index is 12.0. The number of anilines is 1. The van der Waals surface area contributed by atoms with Gasteiger partial charge in [0.25, 0.3) is 0 Å². The van der Waals surface area contributed by atoms with E-state index in [1.54, 1.807) is 6.07 Å². The summed E-state index contributed by atoms with van der Waals surface area (Å²) in [5.74, 6) is 0.708. The van der Waals surface area contributed by atoms with Crippen molar-refractivity contribution in [1.29, 1.82) is 0 Å². The number of likely N-dealkylation sites (tertiary alicyclic amines) is 1. The number of piperidine rings is 1. The molecular weight excluding hydrogens is 321 g/mol. The summed E-state index contributed by atoms with van der Waals surface area (Å²) in [6, 6.07) is 7.31. The lowest BCUT2D eigenvalue weighted by Crippen LogP contribution is -2.37. The molecule has 1 unspecified atom stereocenters. The van der Waals surface area contributed by atoms with Crippen LogP contribution >= 0.6 is 24.0 Å². The molecule has 0 bridgehead atoms. The van der Waals surface area contributed by atoms with Crippen LogP contribution in [0.3, 0.4) is 0 Å². The Hall–Kier alpha value is -0.810. The van der Waals surface area contributed by atoms with Crippen LogP contribution in [0, 0.1) is 5.92 Å². The van der Waals surface area contributed by atoms with Gasteiger partial charge in [-0.2, -0.15) is 0 Å². The molecule has 2 rings (SSSR count). The van der Waals surface area contributed by atoms with Gasteiger partial charge in [0, 0.05) is 19.5 Å². The van der Waals surface area contributed by atoms with Gasteiger partial charge < -0.3 is 16.0 Å². The van der Waals surface area contributed by atoms with E-state index in [4.69, 9.17) is 17.3 Å². The zero-order valence-corrected chi connectivity index (χ0v) is 14.3. The van der Waals surface area contributed by atoms with E-state index in [2.05, 4.69) is 10.2 Å². The molecule has 3 N–H and O–H groups in total. The average Bonchev–Trinajstić information content (AvgIpc) is 2.48. The number of benzene rings is 1. The highest BCUT2D eigenvalue weighted by Crippen LogP contribution is 2.21. The van der Waals surface area contributed by atoms with Crippen LogP contribution in [0.5, 0.6) is 0 Å². The number of carbonyl (C=O) groups is 1. The van der Waals surface area contributed by atoms with Gasteiger partial charge in [0.05, 0.1) is 10.7 Å². The number of hydrogen-bond donors (Lipinski definition) is 2. The van der Waals surface area contributed by atoms with Crippen molar-refractivity contribution < 1.29 is 4.79 Å². The third-order valence-electron chi connectivity index (χ3n) is 3.98. The van der Waals surface area contributed by atoms with Gasteiger partial charge in [-0.15, -0.1) is 12.4 Å². The van der Waals surface area contributed by atoms with Crippen LogP contribution in [0.2, 0.25) is 5.02 Å². The molecule has 0 aromatic heterocycles. The second-order valence-corrected chi connectivity index (χ2v) is 6.07. The molecule has 1 aliphatic heterocycles. The fraction of sp³-hybridized carbons (Fsp3) is 0.562. The molecule has 1 aliphatic rings. The predicted octanol–water partition coefficient (Wildman–Crippen LogP) is 3.15. The maximum Gasteiger partial charge on any atom is 0.225 e. The van der Waals surface area contributed by atoms with Crippen LogP contribution in [0.4, 0.5) is 5.69 Å².